The molecule has 0 saturated carbocycles. The molecule has 0 fully saturated rings. The minimum Gasteiger partial charge on any atom is -0.332 e. The van der Waals surface area contributed by atoms with Crippen LogP contribution in [0.4, 0.5) is 11.4 Å². The number of benzene rings is 1. The van der Waals surface area contributed by atoms with Gasteiger partial charge in [-0.05, 0) is 43.4 Å². The van der Waals surface area contributed by atoms with E-state index in [0.29, 0.717) is 16.0 Å². The Morgan fingerprint density at radius 2 is 1.89 bits per heavy atom. The first kappa shape index (κ1) is 12.8. The molecule has 1 aromatic carbocycles. The maximum absolute atomic E-state index is 5.93. The van der Waals surface area contributed by atoms with Gasteiger partial charge < -0.3 is 10.6 Å². The fourth-order valence-electron chi connectivity index (χ4n) is 1.40. The van der Waals surface area contributed by atoms with Gasteiger partial charge in [0.25, 0.3) is 0 Å². The zero-order valence-corrected chi connectivity index (χ0v) is 11.3. The Kier molecular flexibility index (Phi) is 4.12. The lowest BCUT2D eigenvalue weighted by Gasteiger charge is -2.11. The Morgan fingerprint density at radius 3 is 2.56 bits per heavy atom. The van der Waals surface area contributed by atoms with Crippen molar-refractivity contribution in [2.45, 2.75) is 6.92 Å². The molecule has 3 nitrogen and oxygen atoms in total. The van der Waals surface area contributed by atoms with Crippen molar-refractivity contribution in [1.82, 2.24) is 4.98 Å². The van der Waals surface area contributed by atoms with Gasteiger partial charge >= 0.3 is 0 Å². The van der Waals surface area contributed by atoms with Crippen molar-refractivity contribution < 1.29 is 0 Å². The third-order valence-corrected chi connectivity index (χ3v) is 2.82. The van der Waals surface area contributed by atoms with E-state index in [1.54, 1.807) is 12.3 Å². The average Bonchev–Trinajstić information content (AvgIpc) is 2.35. The van der Waals surface area contributed by atoms with Gasteiger partial charge in [-0.25, -0.2) is 4.98 Å². The lowest BCUT2D eigenvalue weighted by atomic mass is 10.2. The van der Waals surface area contributed by atoms with Crippen molar-refractivity contribution in [3.63, 3.8) is 0 Å². The van der Waals surface area contributed by atoms with E-state index in [2.05, 4.69) is 15.6 Å². The van der Waals surface area contributed by atoms with Crippen LogP contribution in [0.1, 0.15) is 5.56 Å². The second-order valence-electron chi connectivity index (χ2n) is 3.79. The second-order valence-corrected chi connectivity index (χ2v) is 4.55. The van der Waals surface area contributed by atoms with Crippen molar-refractivity contribution >= 4 is 40.3 Å². The lowest BCUT2D eigenvalue weighted by Crippen LogP contribution is -2.19. The lowest BCUT2D eigenvalue weighted by molar-refractivity contribution is 1.33. The molecule has 0 amide bonds. The fourth-order valence-corrected chi connectivity index (χ4v) is 1.80. The number of aromatic nitrogens is 1. The summed E-state index contributed by atoms with van der Waals surface area (Å²) in [5, 5.41) is 6.95. The van der Waals surface area contributed by atoms with Crippen LogP contribution in [-0.2, 0) is 0 Å². The Hall–Kier alpha value is -1.65. The minimum absolute atomic E-state index is 0.394. The first-order valence-electron chi connectivity index (χ1n) is 5.40. The number of hydrogen-bond acceptors (Lipinski definition) is 2. The van der Waals surface area contributed by atoms with Crippen LogP contribution in [0.3, 0.4) is 0 Å². The van der Waals surface area contributed by atoms with Crippen LogP contribution in [0.2, 0.25) is 5.15 Å². The topological polar surface area (TPSA) is 37.0 Å². The zero-order valence-electron chi connectivity index (χ0n) is 9.77. The smallest absolute Gasteiger partial charge is 0.175 e. The van der Waals surface area contributed by atoms with E-state index < -0.39 is 0 Å². The molecule has 0 aliphatic rings. The van der Waals surface area contributed by atoms with Crippen molar-refractivity contribution in [3.8, 4) is 0 Å². The minimum atomic E-state index is 0.394. The van der Waals surface area contributed by atoms with Gasteiger partial charge in [0.2, 0.25) is 0 Å². The Bertz CT molecular complexity index is 554. The summed E-state index contributed by atoms with van der Waals surface area (Å²) in [6.07, 6.45) is 1.63. The molecular weight excluding hydrogens is 266 g/mol. The monoisotopic (exact) mass is 277 g/mol. The summed E-state index contributed by atoms with van der Waals surface area (Å²) < 4.78 is 0. The Balaban J connectivity index is 2.01. The molecule has 5 heteroatoms. The van der Waals surface area contributed by atoms with Crippen LogP contribution < -0.4 is 10.6 Å². The van der Waals surface area contributed by atoms with E-state index in [1.807, 2.05) is 37.3 Å². The second kappa shape index (κ2) is 5.80. The number of thiocarbonyl (C=S) groups is 1. The van der Waals surface area contributed by atoms with Gasteiger partial charge in [0, 0.05) is 11.9 Å². The summed E-state index contributed by atoms with van der Waals surface area (Å²) in [5.74, 6) is 0. The van der Waals surface area contributed by atoms with Crippen molar-refractivity contribution in [3.05, 3.63) is 53.3 Å². The Morgan fingerprint density at radius 1 is 1.17 bits per heavy atom. The molecular formula is C13H12ClN3S. The maximum atomic E-state index is 5.93. The number of aryl methyl sites for hydroxylation is 1. The molecule has 2 rings (SSSR count). The quantitative estimate of drug-likeness (QED) is 0.646. The van der Waals surface area contributed by atoms with E-state index >= 15 is 0 Å². The van der Waals surface area contributed by atoms with Crippen molar-refractivity contribution in [2.24, 2.45) is 0 Å². The van der Waals surface area contributed by atoms with Gasteiger partial charge in [-0.1, -0.05) is 29.3 Å². The molecule has 0 aliphatic heterocycles. The molecule has 0 unspecified atom stereocenters. The summed E-state index contributed by atoms with van der Waals surface area (Å²) in [6.45, 7) is 2.04. The van der Waals surface area contributed by atoms with Crippen LogP contribution in [0.15, 0.2) is 42.6 Å². The van der Waals surface area contributed by atoms with Crippen LogP contribution in [0.25, 0.3) is 0 Å². The summed E-state index contributed by atoms with van der Waals surface area (Å²) >= 11 is 11.1. The molecule has 1 heterocycles. The third kappa shape index (κ3) is 3.42. The highest BCUT2D eigenvalue weighted by atomic mass is 35.5. The summed E-state index contributed by atoms with van der Waals surface area (Å²) in [4.78, 5) is 3.97. The number of nitrogens with one attached hydrogen (secondary N) is 2. The number of rotatable bonds is 2. The average molecular weight is 278 g/mol. The molecule has 18 heavy (non-hydrogen) atoms. The number of pyridine rings is 1. The molecule has 0 saturated heterocycles. The van der Waals surface area contributed by atoms with Gasteiger partial charge in [-0.15, -0.1) is 0 Å². The SMILES string of the molecule is Cc1ccc(NC(=S)Nc2cccnc2Cl)cc1. The van der Waals surface area contributed by atoms with E-state index in [4.69, 9.17) is 23.8 Å². The van der Waals surface area contributed by atoms with Crippen molar-refractivity contribution in [1.29, 1.82) is 0 Å². The fraction of sp³-hybridized carbons (Fsp3) is 0.0769. The zero-order chi connectivity index (χ0) is 13.0. The molecule has 92 valence electrons. The maximum Gasteiger partial charge on any atom is 0.175 e. The van der Waals surface area contributed by atoms with Gasteiger partial charge in [0.15, 0.2) is 10.3 Å². The predicted molar refractivity (Wildman–Crippen MR) is 80.3 cm³/mol. The van der Waals surface area contributed by atoms with Crippen LogP contribution in [-0.4, -0.2) is 10.1 Å². The van der Waals surface area contributed by atoms with E-state index in [1.165, 1.54) is 5.56 Å². The van der Waals surface area contributed by atoms with E-state index in [0.717, 1.165) is 5.69 Å². The number of hydrogen-bond donors (Lipinski definition) is 2. The molecule has 0 bridgehead atoms. The largest absolute Gasteiger partial charge is 0.332 e. The summed E-state index contributed by atoms with van der Waals surface area (Å²) in [6, 6.07) is 11.6. The number of nitrogens with zero attached hydrogens (tertiary/aromatic N) is 1. The molecule has 0 atom stereocenters. The third-order valence-electron chi connectivity index (χ3n) is 2.32. The van der Waals surface area contributed by atoms with E-state index in [-0.39, 0.29) is 0 Å². The molecule has 2 aromatic rings. The number of anilines is 2. The van der Waals surface area contributed by atoms with Gasteiger partial charge in [0.1, 0.15) is 0 Å². The Labute approximate surface area is 116 Å². The highest BCUT2D eigenvalue weighted by molar-refractivity contribution is 7.80. The van der Waals surface area contributed by atoms with Gasteiger partial charge in [-0.2, -0.15) is 0 Å². The highest BCUT2D eigenvalue weighted by Gasteiger charge is 2.02. The summed E-state index contributed by atoms with van der Waals surface area (Å²) in [7, 11) is 0. The standard InChI is InChI=1S/C13H12ClN3S/c1-9-4-6-10(7-5-9)16-13(18)17-11-3-2-8-15-12(11)14/h2-8H,1H3,(H2,16,17,18). The number of halogens is 1. The van der Waals surface area contributed by atoms with Crippen LogP contribution in [0, 0.1) is 6.92 Å². The molecule has 0 radical (unpaired) electrons. The van der Waals surface area contributed by atoms with E-state index in [9.17, 15) is 0 Å². The van der Waals surface area contributed by atoms with Crippen LogP contribution >= 0.6 is 23.8 Å². The first-order chi connectivity index (χ1) is 8.65. The molecule has 0 aliphatic carbocycles. The summed E-state index contributed by atoms with van der Waals surface area (Å²) in [5.41, 5.74) is 2.82. The van der Waals surface area contributed by atoms with Gasteiger partial charge in [-0.3, -0.25) is 0 Å². The molecule has 0 spiro atoms. The van der Waals surface area contributed by atoms with Gasteiger partial charge in [0.05, 0.1) is 5.69 Å². The highest BCUT2D eigenvalue weighted by Crippen LogP contribution is 2.18. The van der Waals surface area contributed by atoms with Crippen molar-refractivity contribution in [2.75, 3.05) is 10.6 Å². The normalized spacial score (nSPS) is 9.89. The first-order valence-corrected chi connectivity index (χ1v) is 6.19. The molecule has 2 N–H and O–H groups in total. The predicted octanol–water partition coefficient (Wildman–Crippen LogP) is 3.85. The molecule has 1 aromatic heterocycles. The van der Waals surface area contributed by atoms with Crippen LogP contribution in [0.5, 0.6) is 0 Å².